The van der Waals surface area contributed by atoms with Gasteiger partial charge in [-0.15, -0.1) is 0 Å². The van der Waals surface area contributed by atoms with E-state index in [4.69, 9.17) is 4.74 Å². The first-order valence-corrected chi connectivity index (χ1v) is 7.02. The predicted molar refractivity (Wildman–Crippen MR) is 78.2 cm³/mol. The quantitative estimate of drug-likeness (QED) is 0.844. The molecule has 0 aromatic heterocycles. The average molecular weight is 261 g/mol. The van der Waals surface area contributed by atoms with Gasteiger partial charge in [0.25, 0.3) is 0 Å². The van der Waals surface area contributed by atoms with Crippen molar-refractivity contribution < 1.29 is 9.84 Å². The fourth-order valence-electron chi connectivity index (χ4n) is 2.75. The van der Waals surface area contributed by atoms with Gasteiger partial charge in [-0.1, -0.05) is 32.8 Å². The SMILES string of the molecule is COc1cccc(C=N[C@H]2CCC[C@@H](C)[C@H]2C)c1O. The Morgan fingerprint density at radius 3 is 2.84 bits per heavy atom. The van der Waals surface area contributed by atoms with Crippen LogP contribution in [-0.2, 0) is 0 Å². The van der Waals surface area contributed by atoms with E-state index in [9.17, 15) is 5.11 Å². The molecule has 0 unspecified atom stereocenters. The van der Waals surface area contributed by atoms with Crippen molar-refractivity contribution in [3.05, 3.63) is 23.8 Å². The molecule has 1 aliphatic carbocycles. The number of methoxy groups -OCH3 is 1. The van der Waals surface area contributed by atoms with E-state index in [2.05, 4.69) is 18.8 Å². The molecule has 1 saturated carbocycles. The van der Waals surface area contributed by atoms with E-state index in [-0.39, 0.29) is 5.75 Å². The number of phenols is 1. The molecule has 2 rings (SSSR count). The number of aliphatic imine (C=N–C) groups is 1. The fourth-order valence-corrected chi connectivity index (χ4v) is 2.75. The van der Waals surface area contributed by atoms with E-state index in [1.165, 1.54) is 12.8 Å². The van der Waals surface area contributed by atoms with Crippen molar-refractivity contribution >= 4 is 6.21 Å². The molecule has 0 heterocycles. The molecule has 0 amide bonds. The average Bonchev–Trinajstić information content (AvgIpc) is 2.42. The third-order valence-electron chi connectivity index (χ3n) is 4.32. The molecule has 104 valence electrons. The summed E-state index contributed by atoms with van der Waals surface area (Å²) in [4.78, 5) is 4.68. The zero-order valence-corrected chi connectivity index (χ0v) is 12.0. The highest BCUT2D eigenvalue weighted by atomic mass is 16.5. The first-order valence-electron chi connectivity index (χ1n) is 7.02. The largest absolute Gasteiger partial charge is 0.504 e. The highest BCUT2D eigenvalue weighted by molar-refractivity contribution is 5.84. The number of ether oxygens (including phenoxy) is 1. The van der Waals surface area contributed by atoms with E-state index in [0.717, 1.165) is 17.9 Å². The second-order valence-electron chi connectivity index (χ2n) is 5.51. The Morgan fingerprint density at radius 1 is 1.32 bits per heavy atom. The molecule has 0 radical (unpaired) electrons. The van der Waals surface area contributed by atoms with Crippen LogP contribution in [0.5, 0.6) is 11.5 Å². The summed E-state index contributed by atoms with van der Waals surface area (Å²) in [6.07, 6.45) is 5.49. The summed E-state index contributed by atoms with van der Waals surface area (Å²) in [7, 11) is 1.56. The Labute approximate surface area is 115 Å². The van der Waals surface area contributed by atoms with Gasteiger partial charge in [0.2, 0.25) is 0 Å². The van der Waals surface area contributed by atoms with Crippen LogP contribution in [0.1, 0.15) is 38.7 Å². The molecular weight excluding hydrogens is 238 g/mol. The van der Waals surface area contributed by atoms with Gasteiger partial charge in [-0.25, -0.2) is 0 Å². The van der Waals surface area contributed by atoms with Crippen LogP contribution in [0.3, 0.4) is 0 Å². The maximum absolute atomic E-state index is 10.0. The van der Waals surface area contributed by atoms with Crippen LogP contribution in [-0.4, -0.2) is 24.5 Å². The minimum Gasteiger partial charge on any atom is -0.504 e. The van der Waals surface area contributed by atoms with Crippen molar-refractivity contribution in [3.8, 4) is 11.5 Å². The van der Waals surface area contributed by atoms with Crippen molar-refractivity contribution in [2.75, 3.05) is 7.11 Å². The maximum atomic E-state index is 10.0. The molecule has 0 aliphatic heterocycles. The third-order valence-corrected chi connectivity index (χ3v) is 4.32. The molecule has 0 saturated heterocycles. The molecular formula is C16H23NO2. The topological polar surface area (TPSA) is 41.8 Å². The second kappa shape index (κ2) is 6.09. The molecule has 1 fully saturated rings. The fraction of sp³-hybridized carbons (Fsp3) is 0.562. The van der Waals surface area contributed by atoms with Crippen LogP contribution in [0.2, 0.25) is 0 Å². The molecule has 3 atom stereocenters. The highest BCUT2D eigenvalue weighted by Gasteiger charge is 2.26. The zero-order valence-electron chi connectivity index (χ0n) is 12.0. The Balaban J connectivity index is 2.14. The molecule has 1 aromatic carbocycles. The van der Waals surface area contributed by atoms with Crippen LogP contribution < -0.4 is 4.74 Å². The number of aromatic hydroxyl groups is 1. The number of para-hydroxylation sites is 1. The predicted octanol–water partition coefficient (Wildman–Crippen LogP) is 3.64. The molecule has 3 nitrogen and oxygen atoms in total. The molecule has 19 heavy (non-hydrogen) atoms. The van der Waals surface area contributed by atoms with Gasteiger partial charge in [-0.2, -0.15) is 0 Å². The van der Waals surface area contributed by atoms with Gasteiger partial charge in [0.15, 0.2) is 11.5 Å². The minimum atomic E-state index is 0.172. The van der Waals surface area contributed by atoms with Gasteiger partial charge in [-0.3, -0.25) is 4.99 Å². The molecule has 1 N–H and O–H groups in total. The van der Waals surface area contributed by atoms with Crippen LogP contribution in [0.4, 0.5) is 0 Å². The number of nitrogens with zero attached hydrogens (tertiary/aromatic N) is 1. The lowest BCUT2D eigenvalue weighted by Gasteiger charge is -2.31. The Bertz CT molecular complexity index is 456. The van der Waals surface area contributed by atoms with Gasteiger partial charge >= 0.3 is 0 Å². The van der Waals surface area contributed by atoms with Crippen LogP contribution >= 0.6 is 0 Å². The van der Waals surface area contributed by atoms with Gasteiger partial charge in [0.05, 0.1) is 13.2 Å². The van der Waals surface area contributed by atoms with E-state index in [1.54, 1.807) is 19.4 Å². The second-order valence-corrected chi connectivity index (χ2v) is 5.51. The highest BCUT2D eigenvalue weighted by Crippen LogP contribution is 2.32. The molecule has 3 heteroatoms. The van der Waals surface area contributed by atoms with Gasteiger partial charge in [0, 0.05) is 11.8 Å². The number of hydrogen-bond acceptors (Lipinski definition) is 3. The van der Waals surface area contributed by atoms with E-state index >= 15 is 0 Å². The summed E-state index contributed by atoms with van der Waals surface area (Å²) in [5.74, 6) is 2.01. The number of benzene rings is 1. The third kappa shape index (κ3) is 3.09. The molecule has 1 aromatic rings. The smallest absolute Gasteiger partial charge is 0.166 e. The van der Waals surface area contributed by atoms with Crippen molar-refractivity contribution in [3.63, 3.8) is 0 Å². The van der Waals surface area contributed by atoms with Gasteiger partial charge in [-0.05, 0) is 30.4 Å². The summed E-state index contributed by atoms with van der Waals surface area (Å²) in [6.45, 7) is 4.58. The number of hydrogen-bond donors (Lipinski definition) is 1. The molecule has 1 aliphatic rings. The molecule has 0 spiro atoms. The lowest BCUT2D eigenvalue weighted by atomic mass is 9.78. The first kappa shape index (κ1) is 13.9. The summed E-state index contributed by atoms with van der Waals surface area (Å²) in [5.41, 5.74) is 0.727. The van der Waals surface area contributed by atoms with Crippen molar-refractivity contribution in [2.24, 2.45) is 16.8 Å². The van der Waals surface area contributed by atoms with Crippen molar-refractivity contribution in [2.45, 2.75) is 39.2 Å². The maximum Gasteiger partial charge on any atom is 0.166 e. The van der Waals surface area contributed by atoms with Crippen molar-refractivity contribution in [1.82, 2.24) is 0 Å². The van der Waals surface area contributed by atoms with Crippen LogP contribution in [0.15, 0.2) is 23.2 Å². The van der Waals surface area contributed by atoms with Gasteiger partial charge < -0.3 is 9.84 Å². The number of rotatable bonds is 3. The van der Waals surface area contributed by atoms with Gasteiger partial charge in [0.1, 0.15) is 0 Å². The summed E-state index contributed by atoms with van der Waals surface area (Å²) < 4.78 is 5.10. The Hall–Kier alpha value is -1.51. The summed E-state index contributed by atoms with van der Waals surface area (Å²) in [5, 5.41) is 10.0. The lowest BCUT2D eigenvalue weighted by Crippen LogP contribution is -2.27. The lowest BCUT2D eigenvalue weighted by molar-refractivity contribution is 0.242. The monoisotopic (exact) mass is 261 g/mol. The Morgan fingerprint density at radius 2 is 2.11 bits per heavy atom. The van der Waals surface area contributed by atoms with Crippen LogP contribution in [0.25, 0.3) is 0 Å². The van der Waals surface area contributed by atoms with E-state index < -0.39 is 0 Å². The first-order chi connectivity index (χ1) is 9.13. The number of phenolic OH excluding ortho intramolecular Hbond substituents is 1. The Kier molecular flexibility index (Phi) is 4.46. The van der Waals surface area contributed by atoms with Crippen molar-refractivity contribution in [1.29, 1.82) is 0 Å². The standard InChI is InChI=1S/C16H23NO2/c1-11-6-4-8-14(12(11)2)17-10-13-7-5-9-15(19-3)16(13)18/h5,7,9-12,14,18H,4,6,8H2,1-3H3/t11-,12-,14+/m1/s1. The van der Waals surface area contributed by atoms with Crippen LogP contribution in [0, 0.1) is 11.8 Å². The minimum absolute atomic E-state index is 0.172. The van der Waals surface area contributed by atoms with E-state index in [0.29, 0.717) is 17.7 Å². The summed E-state index contributed by atoms with van der Waals surface area (Å²) in [6, 6.07) is 5.85. The van der Waals surface area contributed by atoms with E-state index in [1.807, 2.05) is 12.1 Å². The molecule has 0 bridgehead atoms. The zero-order chi connectivity index (χ0) is 13.8. The normalized spacial score (nSPS) is 27.6. The summed E-state index contributed by atoms with van der Waals surface area (Å²) >= 11 is 0.